The molecule has 0 saturated heterocycles. The van der Waals surface area contributed by atoms with E-state index in [1.165, 1.54) is 5.56 Å². The third-order valence-corrected chi connectivity index (χ3v) is 3.80. The maximum absolute atomic E-state index is 12.5. The molecule has 0 spiro atoms. The number of amides is 1. The Hall–Kier alpha value is -2.87. The fraction of sp³-hybridized carbons (Fsp3) is 0.0952. The number of benzene rings is 3. The molecular weight excluding hydrogens is 282 g/mol. The van der Waals surface area contributed by atoms with E-state index < -0.39 is 0 Å². The molecule has 3 rings (SSSR count). The molecule has 0 fully saturated rings. The Bertz CT molecular complexity index is 766. The van der Waals surface area contributed by atoms with Crippen molar-refractivity contribution in [2.45, 2.75) is 13.0 Å². The Labute approximate surface area is 136 Å². The lowest BCUT2D eigenvalue weighted by Crippen LogP contribution is -2.24. The van der Waals surface area contributed by atoms with Crippen molar-refractivity contribution in [2.75, 3.05) is 0 Å². The lowest BCUT2D eigenvalue weighted by atomic mass is 9.99. The Morgan fingerprint density at radius 1 is 0.696 bits per heavy atom. The second-order valence-electron chi connectivity index (χ2n) is 5.49. The summed E-state index contributed by atoms with van der Waals surface area (Å²) in [7, 11) is 0. The maximum atomic E-state index is 12.5. The molecule has 0 saturated carbocycles. The summed E-state index contributed by atoms with van der Waals surface area (Å²) < 4.78 is 0. The van der Waals surface area contributed by atoms with Gasteiger partial charge in [0.1, 0.15) is 0 Å². The number of nitrogens with one attached hydrogen (secondary N) is 1. The van der Waals surface area contributed by atoms with Gasteiger partial charge in [0.2, 0.25) is 0 Å². The van der Waals surface area contributed by atoms with Gasteiger partial charge in [-0.2, -0.15) is 0 Å². The largest absolute Gasteiger partial charge is 0.348 e. The maximum Gasteiger partial charge on any atom is 0.251 e. The van der Waals surface area contributed by atoms with Gasteiger partial charge in [-0.15, -0.1) is 0 Å². The van der Waals surface area contributed by atoms with Gasteiger partial charge in [-0.25, -0.2) is 0 Å². The summed E-state index contributed by atoms with van der Waals surface area (Å²) in [6, 6.07) is 27.9. The molecule has 3 aromatic rings. The molecule has 2 nitrogen and oxygen atoms in total. The van der Waals surface area contributed by atoms with E-state index in [0.717, 1.165) is 23.1 Å². The van der Waals surface area contributed by atoms with E-state index in [1.807, 2.05) is 72.8 Å². The van der Waals surface area contributed by atoms with Crippen LogP contribution < -0.4 is 5.32 Å². The van der Waals surface area contributed by atoms with E-state index in [0.29, 0.717) is 6.54 Å². The predicted octanol–water partition coefficient (Wildman–Crippen LogP) is 4.21. The summed E-state index contributed by atoms with van der Waals surface area (Å²) in [5, 5.41) is 3.00. The van der Waals surface area contributed by atoms with Crippen LogP contribution in [0.3, 0.4) is 0 Å². The lowest BCUT2D eigenvalue weighted by molar-refractivity contribution is 0.0950. The molecule has 0 heterocycles. The zero-order valence-electron chi connectivity index (χ0n) is 12.9. The summed E-state index contributed by atoms with van der Waals surface area (Å²) in [6.07, 6.45) is 0.760. The van der Waals surface area contributed by atoms with Crippen LogP contribution in [-0.4, -0.2) is 5.91 Å². The van der Waals surface area contributed by atoms with Gasteiger partial charge in [0.25, 0.3) is 5.91 Å². The van der Waals surface area contributed by atoms with Crippen molar-refractivity contribution in [2.24, 2.45) is 0 Å². The molecule has 1 amide bonds. The highest BCUT2D eigenvalue weighted by Crippen LogP contribution is 2.14. The Kier molecular flexibility index (Phi) is 4.85. The average molecular weight is 301 g/mol. The molecule has 2 heteroatoms. The lowest BCUT2D eigenvalue weighted by Gasteiger charge is -2.10. The summed E-state index contributed by atoms with van der Waals surface area (Å²) in [4.78, 5) is 12.5. The van der Waals surface area contributed by atoms with Crippen molar-refractivity contribution in [3.8, 4) is 0 Å². The summed E-state index contributed by atoms with van der Waals surface area (Å²) in [5.41, 5.74) is 4.09. The number of hydrogen-bond donors (Lipinski definition) is 1. The van der Waals surface area contributed by atoms with Gasteiger partial charge in [-0.3, -0.25) is 4.79 Å². The van der Waals surface area contributed by atoms with E-state index in [9.17, 15) is 4.79 Å². The summed E-state index contributed by atoms with van der Waals surface area (Å²) in [5.74, 6) is -0.0274. The molecule has 1 N–H and O–H groups in total. The molecule has 0 aliphatic heterocycles. The minimum absolute atomic E-state index is 0.0274. The SMILES string of the molecule is O=C(NCc1ccccc1)c1ccccc1Cc1ccccc1. The van der Waals surface area contributed by atoms with Crippen molar-refractivity contribution in [3.63, 3.8) is 0 Å². The molecule has 0 radical (unpaired) electrons. The number of rotatable bonds is 5. The standard InChI is InChI=1S/C21H19NO/c23-21(22-16-18-11-5-2-6-12-18)20-14-8-7-13-19(20)15-17-9-3-1-4-10-17/h1-14H,15-16H2,(H,22,23). The first kappa shape index (κ1) is 15.0. The van der Waals surface area contributed by atoms with E-state index in [-0.39, 0.29) is 5.91 Å². The molecule has 0 aliphatic rings. The Balaban J connectivity index is 1.73. The first-order chi connectivity index (χ1) is 11.3. The van der Waals surface area contributed by atoms with E-state index in [4.69, 9.17) is 0 Å². The average Bonchev–Trinajstić information content (AvgIpc) is 2.62. The molecule has 0 bridgehead atoms. The third kappa shape index (κ3) is 4.07. The van der Waals surface area contributed by atoms with E-state index in [2.05, 4.69) is 17.4 Å². The molecular formula is C21H19NO. The monoisotopic (exact) mass is 301 g/mol. The Morgan fingerprint density at radius 2 is 1.26 bits per heavy atom. The quantitative estimate of drug-likeness (QED) is 0.751. The molecule has 0 aliphatic carbocycles. The normalized spacial score (nSPS) is 10.3. The fourth-order valence-corrected chi connectivity index (χ4v) is 2.59. The topological polar surface area (TPSA) is 29.1 Å². The molecule has 114 valence electrons. The van der Waals surface area contributed by atoms with Crippen LogP contribution in [0.5, 0.6) is 0 Å². The van der Waals surface area contributed by atoms with Gasteiger partial charge in [-0.1, -0.05) is 78.9 Å². The number of carbonyl (C=O) groups excluding carboxylic acids is 1. The van der Waals surface area contributed by atoms with Gasteiger partial charge >= 0.3 is 0 Å². The van der Waals surface area contributed by atoms with Crippen LogP contribution in [-0.2, 0) is 13.0 Å². The summed E-state index contributed by atoms with van der Waals surface area (Å²) >= 11 is 0. The van der Waals surface area contributed by atoms with Gasteiger partial charge in [0, 0.05) is 12.1 Å². The van der Waals surface area contributed by atoms with Gasteiger partial charge in [0.15, 0.2) is 0 Å². The second kappa shape index (κ2) is 7.41. The van der Waals surface area contributed by atoms with Crippen molar-refractivity contribution in [1.82, 2.24) is 5.32 Å². The molecule has 23 heavy (non-hydrogen) atoms. The van der Waals surface area contributed by atoms with Crippen LogP contribution in [0.25, 0.3) is 0 Å². The van der Waals surface area contributed by atoms with Gasteiger partial charge in [0.05, 0.1) is 0 Å². The summed E-state index contributed by atoms with van der Waals surface area (Å²) in [6.45, 7) is 0.541. The van der Waals surface area contributed by atoms with Crippen LogP contribution in [0.1, 0.15) is 27.0 Å². The molecule has 0 aromatic heterocycles. The van der Waals surface area contributed by atoms with E-state index in [1.54, 1.807) is 0 Å². The first-order valence-electron chi connectivity index (χ1n) is 7.77. The van der Waals surface area contributed by atoms with Crippen LogP contribution in [0.2, 0.25) is 0 Å². The number of hydrogen-bond acceptors (Lipinski definition) is 1. The smallest absolute Gasteiger partial charge is 0.251 e. The van der Waals surface area contributed by atoms with Crippen LogP contribution in [0, 0.1) is 0 Å². The highest BCUT2D eigenvalue weighted by Gasteiger charge is 2.10. The Morgan fingerprint density at radius 3 is 1.96 bits per heavy atom. The predicted molar refractivity (Wildman–Crippen MR) is 93.3 cm³/mol. The first-order valence-corrected chi connectivity index (χ1v) is 7.77. The van der Waals surface area contributed by atoms with Crippen LogP contribution >= 0.6 is 0 Å². The zero-order chi connectivity index (χ0) is 15.9. The van der Waals surface area contributed by atoms with Crippen LogP contribution in [0.15, 0.2) is 84.9 Å². The van der Waals surface area contributed by atoms with Crippen molar-refractivity contribution < 1.29 is 4.79 Å². The third-order valence-electron chi connectivity index (χ3n) is 3.80. The molecule has 3 aromatic carbocycles. The molecule has 0 atom stereocenters. The fourth-order valence-electron chi connectivity index (χ4n) is 2.59. The molecule has 0 unspecified atom stereocenters. The van der Waals surface area contributed by atoms with Gasteiger partial charge < -0.3 is 5.32 Å². The highest BCUT2D eigenvalue weighted by atomic mass is 16.1. The van der Waals surface area contributed by atoms with Gasteiger partial charge in [-0.05, 0) is 29.2 Å². The second-order valence-corrected chi connectivity index (χ2v) is 5.49. The minimum atomic E-state index is -0.0274. The van der Waals surface area contributed by atoms with Crippen LogP contribution in [0.4, 0.5) is 0 Å². The minimum Gasteiger partial charge on any atom is -0.348 e. The van der Waals surface area contributed by atoms with Crippen molar-refractivity contribution >= 4 is 5.91 Å². The van der Waals surface area contributed by atoms with E-state index >= 15 is 0 Å². The highest BCUT2D eigenvalue weighted by molar-refractivity contribution is 5.95. The zero-order valence-corrected chi connectivity index (χ0v) is 12.9. The van der Waals surface area contributed by atoms with Crippen molar-refractivity contribution in [3.05, 3.63) is 107 Å². The number of carbonyl (C=O) groups is 1. The van der Waals surface area contributed by atoms with Crippen molar-refractivity contribution in [1.29, 1.82) is 0 Å².